The molecule has 0 aromatic rings. The van der Waals surface area contributed by atoms with Gasteiger partial charge in [0.15, 0.2) is 0 Å². The van der Waals surface area contributed by atoms with Crippen LogP contribution in [-0.2, 0) is 0 Å². The van der Waals surface area contributed by atoms with Gasteiger partial charge in [-0.25, -0.2) is 0 Å². The highest BCUT2D eigenvalue weighted by Gasteiger charge is 2.13. The molecule has 0 aromatic heterocycles. The molecular formula is C19H41BrIN. The molecule has 1 nitrogen and oxygen atoms in total. The van der Waals surface area contributed by atoms with E-state index in [-0.39, 0.29) is 24.0 Å². The van der Waals surface area contributed by atoms with Crippen LogP contribution in [0.5, 0.6) is 0 Å². The molecule has 0 radical (unpaired) electrons. The van der Waals surface area contributed by atoms with E-state index in [4.69, 9.17) is 0 Å². The Bertz CT molecular complexity index is 210. The van der Waals surface area contributed by atoms with Gasteiger partial charge in [0.05, 0.1) is 27.2 Å². The van der Waals surface area contributed by atoms with E-state index in [2.05, 4.69) is 36.9 Å². The molecule has 0 heterocycles. The van der Waals surface area contributed by atoms with Crippen LogP contribution in [0.1, 0.15) is 90.4 Å². The van der Waals surface area contributed by atoms with Crippen LogP contribution in [0.25, 0.3) is 0 Å². The normalized spacial score (nSPS) is 11.5. The highest BCUT2D eigenvalue weighted by molar-refractivity contribution is 9.09. The third-order valence-electron chi connectivity index (χ3n) is 4.51. The topological polar surface area (TPSA) is 0 Å². The summed E-state index contributed by atoms with van der Waals surface area (Å²) < 4.78 is 1.21. The minimum absolute atomic E-state index is 0. The fourth-order valence-electron chi connectivity index (χ4n) is 2.95. The number of hydrogen-bond donors (Lipinski definition) is 0. The fourth-order valence-corrected chi connectivity index (χ4v) is 3.35. The minimum Gasteiger partial charge on any atom is -1.00 e. The summed E-state index contributed by atoms with van der Waals surface area (Å²) in [4.78, 5) is 0. The van der Waals surface area contributed by atoms with Gasteiger partial charge in [-0.15, -0.1) is 0 Å². The van der Waals surface area contributed by atoms with Crippen LogP contribution < -0.4 is 24.0 Å². The van der Waals surface area contributed by atoms with Gasteiger partial charge in [0.25, 0.3) is 0 Å². The fraction of sp³-hybridized carbons (Fsp3) is 1.00. The maximum absolute atomic E-state index is 3.52. The number of nitrogens with zero attached hydrogens (tertiary/aromatic N) is 1. The van der Waals surface area contributed by atoms with Gasteiger partial charge in [-0.1, -0.05) is 80.6 Å². The highest BCUT2D eigenvalue weighted by atomic mass is 127. The van der Waals surface area contributed by atoms with Crippen LogP contribution in [0.3, 0.4) is 0 Å². The molecule has 3 heteroatoms. The zero-order valence-corrected chi connectivity index (χ0v) is 19.3. The van der Waals surface area contributed by atoms with E-state index in [0.717, 1.165) is 5.33 Å². The molecular weight excluding hydrogens is 449 g/mol. The molecule has 0 rings (SSSR count). The predicted octanol–water partition coefficient (Wildman–Crippen LogP) is 3.55. The first-order valence-electron chi connectivity index (χ1n) is 9.50. The molecule has 0 spiro atoms. The van der Waals surface area contributed by atoms with Crippen LogP contribution in [0, 0.1) is 0 Å². The van der Waals surface area contributed by atoms with Crippen molar-refractivity contribution in [2.45, 2.75) is 90.4 Å². The Kier molecular flexibility index (Phi) is 21.4. The summed E-state index contributed by atoms with van der Waals surface area (Å²) in [6.07, 6.45) is 18.6. The number of hydrogen-bond acceptors (Lipinski definition) is 0. The average Bonchev–Trinajstić information content (AvgIpc) is 2.45. The Balaban J connectivity index is 0. The lowest BCUT2D eigenvalue weighted by Crippen LogP contribution is -3.00. The molecule has 0 unspecified atom stereocenters. The smallest absolute Gasteiger partial charge is 0.0782 e. The number of quaternary nitrogens is 1. The second-order valence-electron chi connectivity index (χ2n) is 7.31. The lowest BCUT2D eigenvalue weighted by atomic mass is 10.1. The van der Waals surface area contributed by atoms with Crippen molar-refractivity contribution in [3.05, 3.63) is 0 Å². The molecule has 0 N–H and O–H groups in total. The predicted molar refractivity (Wildman–Crippen MR) is 101 cm³/mol. The molecule has 136 valence electrons. The van der Waals surface area contributed by atoms with Gasteiger partial charge in [-0.2, -0.15) is 0 Å². The molecule has 0 saturated heterocycles. The summed E-state index contributed by atoms with van der Waals surface area (Å²) in [5.74, 6) is 0. The Morgan fingerprint density at radius 2 is 0.955 bits per heavy atom. The first kappa shape index (κ1) is 25.4. The maximum Gasteiger partial charge on any atom is 0.0782 e. The number of unbranched alkanes of at least 4 members (excludes halogenated alkanes) is 11. The second kappa shape index (κ2) is 18.5. The van der Waals surface area contributed by atoms with Crippen molar-refractivity contribution < 1.29 is 28.5 Å². The van der Waals surface area contributed by atoms with Crippen molar-refractivity contribution in [1.29, 1.82) is 0 Å². The van der Waals surface area contributed by atoms with Gasteiger partial charge in [-0.3, -0.25) is 0 Å². The monoisotopic (exact) mass is 489 g/mol. The van der Waals surface area contributed by atoms with Gasteiger partial charge < -0.3 is 28.5 Å². The van der Waals surface area contributed by atoms with Crippen molar-refractivity contribution in [2.24, 2.45) is 0 Å². The van der Waals surface area contributed by atoms with E-state index in [9.17, 15) is 0 Å². The van der Waals surface area contributed by atoms with Gasteiger partial charge in [-0.05, 0) is 25.7 Å². The van der Waals surface area contributed by atoms with Crippen LogP contribution in [0.4, 0.5) is 0 Å². The van der Waals surface area contributed by atoms with Gasteiger partial charge in [0, 0.05) is 5.33 Å². The average molecular weight is 490 g/mol. The van der Waals surface area contributed by atoms with Crippen molar-refractivity contribution >= 4 is 15.9 Å². The minimum atomic E-state index is 0. The van der Waals surface area contributed by atoms with Crippen molar-refractivity contribution in [1.82, 2.24) is 0 Å². The summed E-state index contributed by atoms with van der Waals surface area (Å²) in [6.45, 7) is 4.99. The van der Waals surface area contributed by atoms with E-state index in [0.29, 0.717) is 0 Å². The van der Waals surface area contributed by atoms with Crippen molar-refractivity contribution in [3.8, 4) is 0 Å². The molecule has 22 heavy (non-hydrogen) atoms. The van der Waals surface area contributed by atoms with Gasteiger partial charge in [0.1, 0.15) is 0 Å². The zero-order valence-electron chi connectivity index (χ0n) is 15.5. The lowest BCUT2D eigenvalue weighted by molar-refractivity contribution is -0.890. The summed E-state index contributed by atoms with van der Waals surface area (Å²) in [5, 5.41) is 1.16. The molecule has 0 aromatic carbocycles. The van der Waals surface area contributed by atoms with E-state index < -0.39 is 0 Å². The molecule has 0 bridgehead atoms. The second-order valence-corrected chi connectivity index (χ2v) is 8.11. The molecule has 0 aliphatic rings. The SMILES string of the molecule is CCCCCCCCCCCCC[N+](C)(C)CCCCBr.[I-]. The van der Waals surface area contributed by atoms with Crippen LogP contribution in [0.2, 0.25) is 0 Å². The van der Waals surface area contributed by atoms with Gasteiger partial charge in [0.2, 0.25) is 0 Å². The summed E-state index contributed by atoms with van der Waals surface area (Å²) in [5.41, 5.74) is 0. The Hall–Kier alpha value is 1.17. The van der Waals surface area contributed by atoms with Crippen LogP contribution in [-0.4, -0.2) is 37.0 Å². The summed E-state index contributed by atoms with van der Waals surface area (Å²) >= 11 is 3.52. The third kappa shape index (κ3) is 19.2. The summed E-state index contributed by atoms with van der Waals surface area (Å²) in [6, 6.07) is 0. The Morgan fingerprint density at radius 3 is 1.36 bits per heavy atom. The van der Waals surface area contributed by atoms with E-state index in [1.165, 1.54) is 101 Å². The summed E-state index contributed by atoms with van der Waals surface area (Å²) in [7, 11) is 4.79. The lowest BCUT2D eigenvalue weighted by Gasteiger charge is -2.29. The molecule has 0 aliphatic heterocycles. The molecule has 0 amide bonds. The Labute approximate surface area is 166 Å². The highest BCUT2D eigenvalue weighted by Crippen LogP contribution is 2.12. The molecule has 0 aliphatic carbocycles. The van der Waals surface area contributed by atoms with Gasteiger partial charge >= 0.3 is 0 Å². The van der Waals surface area contributed by atoms with Crippen molar-refractivity contribution in [2.75, 3.05) is 32.5 Å². The first-order valence-corrected chi connectivity index (χ1v) is 10.6. The zero-order chi connectivity index (χ0) is 15.8. The maximum atomic E-state index is 3.52. The molecule has 0 fully saturated rings. The number of halogens is 2. The first-order chi connectivity index (χ1) is 10.1. The Morgan fingerprint density at radius 1 is 0.591 bits per heavy atom. The third-order valence-corrected chi connectivity index (χ3v) is 5.07. The number of alkyl halides is 1. The van der Waals surface area contributed by atoms with E-state index in [1.807, 2.05) is 0 Å². The molecule has 0 atom stereocenters. The largest absolute Gasteiger partial charge is 1.00 e. The van der Waals surface area contributed by atoms with Crippen LogP contribution in [0.15, 0.2) is 0 Å². The molecule has 0 saturated carbocycles. The van der Waals surface area contributed by atoms with E-state index >= 15 is 0 Å². The standard InChI is InChI=1S/C19H41BrN.HI/c1-4-5-6-7-8-9-10-11-12-13-15-18-21(2,3)19-16-14-17-20;/h4-19H2,1-3H3;1H/q+1;/p-1. The quantitative estimate of drug-likeness (QED) is 0.134. The van der Waals surface area contributed by atoms with Crippen molar-refractivity contribution in [3.63, 3.8) is 0 Å². The van der Waals surface area contributed by atoms with E-state index in [1.54, 1.807) is 0 Å². The van der Waals surface area contributed by atoms with Crippen LogP contribution >= 0.6 is 15.9 Å². The number of rotatable bonds is 16.